The summed E-state index contributed by atoms with van der Waals surface area (Å²) in [4.78, 5) is 21.8. The van der Waals surface area contributed by atoms with Crippen LogP contribution in [0, 0.1) is 0 Å². The number of rotatable bonds is 3. The fourth-order valence-corrected chi connectivity index (χ4v) is 1.18. The summed E-state index contributed by atoms with van der Waals surface area (Å²) in [5, 5.41) is 0. The third kappa shape index (κ3) is 3.67. The Morgan fingerprint density at radius 3 is 2.40 bits per heavy atom. The second kappa shape index (κ2) is 5.46. The topological polar surface area (TPSA) is 43.4 Å². The van der Waals surface area contributed by atoms with Crippen molar-refractivity contribution in [3.8, 4) is 0 Å². The molecule has 0 radical (unpaired) electrons. The Hall–Kier alpha value is -1.42. The molecule has 4 heteroatoms. The van der Waals surface area contributed by atoms with Crippen LogP contribution < -0.4 is 0 Å². The van der Waals surface area contributed by atoms with Crippen LogP contribution in [0.15, 0.2) is 34.8 Å². The lowest BCUT2D eigenvalue weighted by molar-refractivity contribution is -0.149. The molecule has 0 amide bonds. The summed E-state index contributed by atoms with van der Waals surface area (Å²) in [5.41, 5.74) is 0.843. The van der Waals surface area contributed by atoms with Crippen molar-refractivity contribution < 1.29 is 14.3 Å². The van der Waals surface area contributed by atoms with E-state index in [4.69, 9.17) is 0 Å². The van der Waals surface area contributed by atoms with Crippen molar-refractivity contribution in [1.82, 2.24) is 0 Å². The molecule has 15 heavy (non-hydrogen) atoms. The molecule has 0 heterocycles. The van der Waals surface area contributed by atoms with E-state index in [1.54, 1.807) is 6.08 Å². The van der Waals surface area contributed by atoms with Crippen LogP contribution in [0.3, 0.4) is 0 Å². The summed E-state index contributed by atoms with van der Waals surface area (Å²) in [7, 11) is 1.17. The van der Waals surface area contributed by atoms with Gasteiger partial charge in [0.1, 0.15) is 0 Å². The number of halogens is 1. The van der Waals surface area contributed by atoms with E-state index in [2.05, 4.69) is 20.7 Å². The summed E-state index contributed by atoms with van der Waals surface area (Å²) >= 11 is 3.29. The molecule has 0 aliphatic rings. The number of hydrogen-bond acceptors (Lipinski definition) is 3. The van der Waals surface area contributed by atoms with E-state index in [0.717, 1.165) is 10.0 Å². The van der Waals surface area contributed by atoms with Crippen molar-refractivity contribution in [2.75, 3.05) is 7.11 Å². The van der Waals surface area contributed by atoms with E-state index in [1.807, 2.05) is 24.3 Å². The minimum Gasteiger partial charge on any atom is -0.463 e. The zero-order chi connectivity index (χ0) is 11.3. The standard InChI is InChI=1S/C11H9BrO3/c1-15-11(14)10(13)7-4-8-2-5-9(12)6-3-8/h2-7H,1H3/b7-4-. The number of methoxy groups -OCH3 is 1. The molecular formula is C11H9BrO3. The summed E-state index contributed by atoms with van der Waals surface area (Å²) < 4.78 is 5.23. The van der Waals surface area contributed by atoms with Crippen molar-refractivity contribution in [2.45, 2.75) is 0 Å². The molecule has 0 unspecified atom stereocenters. The van der Waals surface area contributed by atoms with Gasteiger partial charge in [-0.15, -0.1) is 0 Å². The second-order valence-electron chi connectivity index (χ2n) is 2.74. The van der Waals surface area contributed by atoms with E-state index in [-0.39, 0.29) is 0 Å². The Labute approximate surface area is 95.9 Å². The molecule has 0 aliphatic heterocycles. The van der Waals surface area contributed by atoms with Gasteiger partial charge in [-0.3, -0.25) is 4.79 Å². The SMILES string of the molecule is COC(=O)C(=O)/C=C\c1ccc(Br)cc1. The van der Waals surface area contributed by atoms with Crippen molar-refractivity contribution in [3.05, 3.63) is 40.4 Å². The van der Waals surface area contributed by atoms with E-state index >= 15 is 0 Å². The van der Waals surface area contributed by atoms with Gasteiger partial charge in [0.2, 0.25) is 0 Å². The molecule has 0 aliphatic carbocycles. The van der Waals surface area contributed by atoms with E-state index < -0.39 is 11.8 Å². The maximum absolute atomic E-state index is 11.0. The minimum atomic E-state index is -0.858. The number of hydrogen-bond donors (Lipinski definition) is 0. The van der Waals surface area contributed by atoms with Gasteiger partial charge in [0.15, 0.2) is 0 Å². The molecule has 3 nitrogen and oxygen atoms in total. The van der Waals surface area contributed by atoms with Gasteiger partial charge in [0.25, 0.3) is 5.78 Å². The molecule has 1 aromatic rings. The van der Waals surface area contributed by atoms with Crippen molar-refractivity contribution in [1.29, 1.82) is 0 Å². The van der Waals surface area contributed by atoms with Crippen molar-refractivity contribution in [3.63, 3.8) is 0 Å². The van der Waals surface area contributed by atoms with Crippen LogP contribution in [0.25, 0.3) is 6.08 Å². The fourth-order valence-electron chi connectivity index (χ4n) is 0.914. The third-order valence-electron chi connectivity index (χ3n) is 1.68. The van der Waals surface area contributed by atoms with Crippen LogP contribution in [0.1, 0.15) is 5.56 Å². The van der Waals surface area contributed by atoms with Crippen LogP contribution in [0.4, 0.5) is 0 Å². The van der Waals surface area contributed by atoms with Gasteiger partial charge in [-0.25, -0.2) is 4.79 Å². The Balaban J connectivity index is 2.69. The smallest absolute Gasteiger partial charge is 0.378 e. The highest BCUT2D eigenvalue weighted by molar-refractivity contribution is 9.10. The highest BCUT2D eigenvalue weighted by atomic mass is 79.9. The quantitative estimate of drug-likeness (QED) is 0.480. The van der Waals surface area contributed by atoms with Gasteiger partial charge in [0.05, 0.1) is 7.11 Å². The van der Waals surface area contributed by atoms with Gasteiger partial charge in [0, 0.05) is 4.47 Å². The molecule has 1 rings (SSSR count). The van der Waals surface area contributed by atoms with Crippen LogP contribution in [0.2, 0.25) is 0 Å². The molecule has 78 valence electrons. The number of esters is 1. The average Bonchev–Trinajstić information content (AvgIpc) is 2.26. The molecule has 0 spiro atoms. The number of ketones is 1. The zero-order valence-electron chi connectivity index (χ0n) is 8.07. The first-order valence-corrected chi connectivity index (χ1v) is 4.98. The zero-order valence-corrected chi connectivity index (χ0v) is 9.65. The number of carbonyl (C=O) groups excluding carboxylic acids is 2. The van der Waals surface area contributed by atoms with Gasteiger partial charge >= 0.3 is 5.97 Å². The van der Waals surface area contributed by atoms with Crippen LogP contribution in [-0.2, 0) is 14.3 Å². The highest BCUT2D eigenvalue weighted by Crippen LogP contribution is 2.11. The van der Waals surface area contributed by atoms with Crippen LogP contribution >= 0.6 is 15.9 Å². The number of carbonyl (C=O) groups is 2. The minimum absolute atomic E-state index is 0.666. The first kappa shape index (κ1) is 11.7. The van der Waals surface area contributed by atoms with Crippen LogP contribution in [0.5, 0.6) is 0 Å². The van der Waals surface area contributed by atoms with E-state index in [1.165, 1.54) is 13.2 Å². The molecule has 0 fully saturated rings. The molecule has 0 aromatic heterocycles. The highest BCUT2D eigenvalue weighted by Gasteiger charge is 2.08. The summed E-state index contributed by atoms with van der Waals surface area (Å²) in [5.74, 6) is -1.52. The van der Waals surface area contributed by atoms with E-state index in [9.17, 15) is 9.59 Å². The number of benzene rings is 1. The first-order chi connectivity index (χ1) is 7.13. The van der Waals surface area contributed by atoms with Gasteiger partial charge < -0.3 is 4.74 Å². The normalized spacial score (nSPS) is 10.3. The fraction of sp³-hybridized carbons (Fsp3) is 0.0909. The monoisotopic (exact) mass is 268 g/mol. The lowest BCUT2D eigenvalue weighted by Gasteiger charge is -1.94. The average molecular weight is 269 g/mol. The van der Waals surface area contributed by atoms with E-state index in [0.29, 0.717) is 0 Å². The molecule has 1 aromatic carbocycles. The Bertz CT molecular complexity index is 393. The molecule has 0 saturated heterocycles. The first-order valence-electron chi connectivity index (χ1n) is 4.19. The summed E-state index contributed by atoms with van der Waals surface area (Å²) in [6, 6.07) is 7.35. The third-order valence-corrected chi connectivity index (χ3v) is 2.21. The summed E-state index contributed by atoms with van der Waals surface area (Å²) in [6.07, 6.45) is 2.75. The van der Waals surface area contributed by atoms with Gasteiger partial charge in [-0.05, 0) is 23.8 Å². The maximum Gasteiger partial charge on any atom is 0.378 e. The molecule has 0 saturated carbocycles. The summed E-state index contributed by atoms with van der Waals surface area (Å²) in [6.45, 7) is 0. The number of ether oxygens (including phenoxy) is 1. The molecular weight excluding hydrogens is 260 g/mol. The molecule has 0 atom stereocenters. The Morgan fingerprint density at radius 2 is 1.87 bits per heavy atom. The molecule has 0 N–H and O–H groups in total. The maximum atomic E-state index is 11.0. The Kier molecular flexibility index (Phi) is 4.24. The van der Waals surface area contributed by atoms with Gasteiger partial charge in [-0.1, -0.05) is 34.1 Å². The molecule has 0 bridgehead atoms. The largest absolute Gasteiger partial charge is 0.463 e. The van der Waals surface area contributed by atoms with Crippen LogP contribution in [-0.4, -0.2) is 18.9 Å². The van der Waals surface area contributed by atoms with Gasteiger partial charge in [-0.2, -0.15) is 0 Å². The lowest BCUT2D eigenvalue weighted by Crippen LogP contribution is -2.11. The predicted octanol–water partition coefficient (Wildman–Crippen LogP) is 2.20. The second-order valence-corrected chi connectivity index (χ2v) is 3.66. The van der Waals surface area contributed by atoms with Crippen molar-refractivity contribution in [2.24, 2.45) is 0 Å². The lowest BCUT2D eigenvalue weighted by atomic mass is 10.2. The predicted molar refractivity (Wildman–Crippen MR) is 60.2 cm³/mol. The Morgan fingerprint density at radius 1 is 1.27 bits per heavy atom. The van der Waals surface area contributed by atoms with Crippen molar-refractivity contribution >= 4 is 33.8 Å².